The second-order valence-electron chi connectivity index (χ2n) is 8.26. The first kappa shape index (κ1) is 24.1. The van der Waals surface area contributed by atoms with Crippen LogP contribution in [0.3, 0.4) is 0 Å². The number of nitriles is 1. The number of carbonyl (C=O) groups is 1. The molecule has 7 heteroatoms. The van der Waals surface area contributed by atoms with Crippen LogP contribution in [0.4, 0.5) is 5.69 Å². The number of anilines is 1. The van der Waals surface area contributed by atoms with Crippen molar-refractivity contribution in [2.45, 2.75) is 48.8 Å². The SMILES string of the molecule is CCC(Sc1nc2c(cc1C#N)CC(c1ccccc1)CC2)C(=O)Nc1ccc(OC)c(Cl)c1. The van der Waals surface area contributed by atoms with E-state index in [2.05, 4.69) is 35.7 Å². The zero-order valence-electron chi connectivity index (χ0n) is 19.2. The van der Waals surface area contributed by atoms with Crippen LogP contribution in [0.1, 0.15) is 48.1 Å². The Morgan fingerprint density at radius 3 is 2.76 bits per heavy atom. The fourth-order valence-electron chi connectivity index (χ4n) is 4.25. The van der Waals surface area contributed by atoms with Gasteiger partial charge in [-0.1, -0.05) is 60.6 Å². The number of hydrogen-bond donors (Lipinski definition) is 1. The molecule has 174 valence electrons. The van der Waals surface area contributed by atoms with Gasteiger partial charge in [-0.3, -0.25) is 4.79 Å². The lowest BCUT2D eigenvalue weighted by Crippen LogP contribution is -2.25. The molecule has 0 fully saturated rings. The van der Waals surface area contributed by atoms with E-state index in [4.69, 9.17) is 21.3 Å². The molecule has 4 rings (SSSR count). The number of aryl methyl sites for hydroxylation is 1. The van der Waals surface area contributed by atoms with Gasteiger partial charge in [0.05, 0.1) is 22.9 Å². The van der Waals surface area contributed by atoms with Crippen molar-refractivity contribution in [3.63, 3.8) is 0 Å². The van der Waals surface area contributed by atoms with Gasteiger partial charge in [-0.15, -0.1) is 0 Å². The predicted octanol–water partition coefficient (Wildman–Crippen LogP) is 6.40. The van der Waals surface area contributed by atoms with Crippen LogP contribution in [0.15, 0.2) is 59.6 Å². The summed E-state index contributed by atoms with van der Waals surface area (Å²) in [6.07, 6.45) is 3.36. The van der Waals surface area contributed by atoms with Gasteiger partial charge < -0.3 is 10.1 Å². The van der Waals surface area contributed by atoms with E-state index in [1.807, 2.05) is 19.1 Å². The minimum atomic E-state index is -0.390. The number of halogens is 1. The van der Waals surface area contributed by atoms with Crippen LogP contribution in [-0.4, -0.2) is 23.3 Å². The third-order valence-corrected chi connectivity index (χ3v) is 7.74. The van der Waals surface area contributed by atoms with E-state index >= 15 is 0 Å². The zero-order chi connectivity index (χ0) is 24.1. The van der Waals surface area contributed by atoms with Gasteiger partial charge in [-0.2, -0.15) is 5.26 Å². The summed E-state index contributed by atoms with van der Waals surface area (Å²) in [6, 6.07) is 19.9. The van der Waals surface area contributed by atoms with Crippen LogP contribution in [0.5, 0.6) is 5.75 Å². The number of thioether (sulfide) groups is 1. The van der Waals surface area contributed by atoms with Crippen molar-refractivity contribution in [3.8, 4) is 11.8 Å². The van der Waals surface area contributed by atoms with Gasteiger partial charge in [0.1, 0.15) is 16.8 Å². The number of rotatable bonds is 7. The van der Waals surface area contributed by atoms with Crippen molar-refractivity contribution in [2.75, 3.05) is 12.4 Å². The van der Waals surface area contributed by atoms with Crippen LogP contribution in [-0.2, 0) is 17.6 Å². The van der Waals surface area contributed by atoms with E-state index in [-0.39, 0.29) is 11.2 Å². The van der Waals surface area contributed by atoms with Crippen molar-refractivity contribution in [1.29, 1.82) is 5.26 Å². The molecule has 1 aromatic heterocycles. The lowest BCUT2D eigenvalue weighted by atomic mass is 9.82. The lowest BCUT2D eigenvalue weighted by molar-refractivity contribution is -0.115. The maximum atomic E-state index is 13.0. The summed E-state index contributed by atoms with van der Waals surface area (Å²) in [4.78, 5) is 17.8. The number of ether oxygens (including phenoxy) is 1. The molecule has 0 bridgehead atoms. The van der Waals surface area contributed by atoms with Crippen LogP contribution in [0.25, 0.3) is 0 Å². The van der Waals surface area contributed by atoms with E-state index in [0.29, 0.717) is 39.4 Å². The number of nitrogens with zero attached hydrogens (tertiary/aromatic N) is 2. The molecule has 1 amide bonds. The standard InChI is InChI=1S/C27H26ClN3O2S/c1-3-25(26(32)30-21-10-12-24(33-2)22(28)15-21)34-27-20(16-29)14-19-13-18(9-11-23(19)31-27)17-7-5-4-6-8-17/h4-8,10,12,14-15,18,25H,3,9,11,13H2,1-2H3,(H,30,32). The third kappa shape index (κ3) is 5.38. The number of carbonyl (C=O) groups excluding carboxylic acids is 1. The van der Waals surface area contributed by atoms with E-state index in [0.717, 1.165) is 30.5 Å². The molecule has 2 atom stereocenters. The molecule has 5 nitrogen and oxygen atoms in total. The van der Waals surface area contributed by atoms with E-state index in [9.17, 15) is 10.1 Å². The van der Waals surface area contributed by atoms with Gasteiger partial charge in [0.25, 0.3) is 0 Å². The number of pyridine rings is 1. The molecule has 1 heterocycles. The van der Waals surface area contributed by atoms with E-state index < -0.39 is 0 Å². The Bertz CT molecular complexity index is 1230. The summed E-state index contributed by atoms with van der Waals surface area (Å²) >= 11 is 7.53. The topological polar surface area (TPSA) is 75.0 Å². The molecule has 0 radical (unpaired) electrons. The van der Waals surface area contributed by atoms with Gasteiger partial charge in [-0.05, 0) is 67.0 Å². The largest absolute Gasteiger partial charge is 0.495 e. The van der Waals surface area contributed by atoms with Crippen LogP contribution < -0.4 is 10.1 Å². The smallest absolute Gasteiger partial charge is 0.237 e. The van der Waals surface area contributed by atoms with Crippen LogP contribution >= 0.6 is 23.4 Å². The Labute approximate surface area is 209 Å². The molecular formula is C27H26ClN3O2S. The first-order valence-electron chi connectivity index (χ1n) is 11.3. The number of nitrogens with one attached hydrogen (secondary N) is 1. The molecule has 1 N–H and O–H groups in total. The van der Waals surface area contributed by atoms with Crippen molar-refractivity contribution in [3.05, 3.63) is 82.0 Å². The molecule has 0 saturated heterocycles. The van der Waals surface area contributed by atoms with Crippen molar-refractivity contribution < 1.29 is 9.53 Å². The van der Waals surface area contributed by atoms with Crippen LogP contribution in [0, 0.1) is 11.3 Å². The molecule has 3 aromatic rings. The molecule has 0 spiro atoms. The van der Waals surface area contributed by atoms with Gasteiger partial charge in [-0.25, -0.2) is 4.98 Å². The fourth-order valence-corrected chi connectivity index (χ4v) is 5.50. The van der Waals surface area contributed by atoms with Crippen LogP contribution in [0.2, 0.25) is 5.02 Å². The Balaban J connectivity index is 1.51. The number of benzene rings is 2. The number of fused-ring (bicyclic) bond motifs is 1. The minimum Gasteiger partial charge on any atom is -0.495 e. The lowest BCUT2D eigenvalue weighted by Gasteiger charge is -2.25. The number of methoxy groups -OCH3 is 1. The highest BCUT2D eigenvalue weighted by Crippen LogP contribution is 2.36. The third-order valence-electron chi connectivity index (χ3n) is 6.08. The van der Waals surface area contributed by atoms with E-state index in [1.54, 1.807) is 25.3 Å². The molecule has 1 aliphatic carbocycles. The molecular weight excluding hydrogens is 466 g/mol. The molecule has 1 aliphatic rings. The quantitative estimate of drug-likeness (QED) is 0.387. The van der Waals surface area contributed by atoms with Gasteiger partial charge >= 0.3 is 0 Å². The number of amides is 1. The normalized spacial score (nSPS) is 15.6. The van der Waals surface area contributed by atoms with Crippen molar-refractivity contribution >= 4 is 35.0 Å². The summed E-state index contributed by atoms with van der Waals surface area (Å²) in [5.41, 5.74) is 4.61. The van der Waals surface area contributed by atoms with E-state index in [1.165, 1.54) is 17.3 Å². The molecule has 2 unspecified atom stereocenters. The Morgan fingerprint density at radius 1 is 1.29 bits per heavy atom. The highest BCUT2D eigenvalue weighted by Gasteiger charge is 2.26. The Morgan fingerprint density at radius 2 is 2.09 bits per heavy atom. The van der Waals surface area contributed by atoms with Gasteiger partial charge in [0, 0.05) is 11.4 Å². The number of aromatic nitrogens is 1. The summed E-state index contributed by atoms with van der Waals surface area (Å²) in [7, 11) is 1.55. The first-order valence-corrected chi connectivity index (χ1v) is 12.6. The summed E-state index contributed by atoms with van der Waals surface area (Å²) < 4.78 is 5.17. The summed E-state index contributed by atoms with van der Waals surface area (Å²) in [6.45, 7) is 1.95. The maximum absolute atomic E-state index is 13.0. The Kier molecular flexibility index (Phi) is 7.77. The maximum Gasteiger partial charge on any atom is 0.237 e. The number of hydrogen-bond acceptors (Lipinski definition) is 5. The molecule has 0 saturated carbocycles. The summed E-state index contributed by atoms with van der Waals surface area (Å²) in [5, 5.41) is 13.4. The van der Waals surface area contributed by atoms with Gasteiger partial charge in [0.15, 0.2) is 0 Å². The monoisotopic (exact) mass is 491 g/mol. The highest BCUT2D eigenvalue weighted by molar-refractivity contribution is 8.00. The molecule has 2 aromatic carbocycles. The zero-order valence-corrected chi connectivity index (χ0v) is 20.7. The minimum absolute atomic E-state index is 0.152. The highest BCUT2D eigenvalue weighted by atomic mass is 35.5. The summed E-state index contributed by atoms with van der Waals surface area (Å²) in [5.74, 6) is 0.833. The molecule has 0 aliphatic heterocycles. The predicted molar refractivity (Wildman–Crippen MR) is 137 cm³/mol. The first-order chi connectivity index (χ1) is 16.5. The Hall–Kier alpha value is -3.01. The second kappa shape index (κ2) is 10.9. The fraction of sp³-hybridized carbons (Fsp3) is 0.296. The molecule has 34 heavy (non-hydrogen) atoms. The second-order valence-corrected chi connectivity index (χ2v) is 9.86. The average molecular weight is 492 g/mol. The van der Waals surface area contributed by atoms with Crippen molar-refractivity contribution in [2.24, 2.45) is 0 Å². The average Bonchev–Trinajstić information content (AvgIpc) is 2.87. The van der Waals surface area contributed by atoms with Crippen molar-refractivity contribution in [1.82, 2.24) is 4.98 Å². The van der Waals surface area contributed by atoms with Gasteiger partial charge in [0.2, 0.25) is 5.91 Å².